The Morgan fingerprint density at radius 2 is 1.89 bits per heavy atom. The molecule has 19 heavy (non-hydrogen) atoms. The minimum absolute atomic E-state index is 0.174. The van der Waals surface area contributed by atoms with Gasteiger partial charge in [-0.25, -0.2) is 4.98 Å². The number of halogens is 1. The topological polar surface area (TPSA) is 33.2 Å². The highest BCUT2D eigenvalue weighted by Crippen LogP contribution is 2.17. The highest BCUT2D eigenvalue weighted by molar-refractivity contribution is 6.29. The summed E-state index contributed by atoms with van der Waals surface area (Å²) in [6, 6.07) is 12.9. The van der Waals surface area contributed by atoms with Crippen molar-refractivity contribution in [2.24, 2.45) is 0 Å². The number of pyridine rings is 1. The monoisotopic (exact) mass is 274 g/mol. The first-order valence-electron chi connectivity index (χ1n) is 6.11. The van der Waals surface area contributed by atoms with E-state index >= 15 is 0 Å². The van der Waals surface area contributed by atoms with Crippen LogP contribution in [0.2, 0.25) is 5.15 Å². The summed E-state index contributed by atoms with van der Waals surface area (Å²) in [5, 5.41) is 0.320. The summed E-state index contributed by atoms with van der Waals surface area (Å²) < 4.78 is 0. The number of amides is 1. The summed E-state index contributed by atoms with van der Waals surface area (Å²) in [5.41, 5.74) is 2.42. The number of aryl methyl sites for hydroxylation is 1. The van der Waals surface area contributed by atoms with Gasteiger partial charge in [0.1, 0.15) is 10.8 Å². The van der Waals surface area contributed by atoms with E-state index in [2.05, 4.69) is 11.9 Å². The molecule has 0 atom stereocenters. The van der Waals surface area contributed by atoms with Crippen molar-refractivity contribution in [3.05, 3.63) is 58.9 Å². The average Bonchev–Trinajstić information content (AvgIpc) is 2.46. The predicted octanol–water partition coefficient (Wildman–Crippen LogP) is 3.57. The van der Waals surface area contributed by atoms with E-state index in [9.17, 15) is 4.79 Å². The summed E-state index contributed by atoms with van der Waals surface area (Å²) in [7, 11) is 1.73. The van der Waals surface area contributed by atoms with Gasteiger partial charge in [-0.15, -0.1) is 0 Å². The minimum atomic E-state index is -0.174. The zero-order chi connectivity index (χ0) is 13.8. The van der Waals surface area contributed by atoms with Crippen LogP contribution in [0.1, 0.15) is 23.0 Å². The Bertz CT molecular complexity index is 581. The molecule has 98 valence electrons. The van der Waals surface area contributed by atoms with E-state index in [1.54, 1.807) is 30.1 Å². The fourth-order valence-corrected chi connectivity index (χ4v) is 1.94. The molecule has 3 nitrogen and oxygen atoms in total. The largest absolute Gasteiger partial charge is 0.310 e. The molecule has 1 heterocycles. The Morgan fingerprint density at radius 1 is 1.21 bits per heavy atom. The van der Waals surface area contributed by atoms with Gasteiger partial charge in [-0.3, -0.25) is 4.79 Å². The first-order valence-corrected chi connectivity index (χ1v) is 6.49. The lowest BCUT2D eigenvalue weighted by atomic mass is 10.1. The summed E-state index contributed by atoms with van der Waals surface area (Å²) in [4.78, 5) is 17.9. The van der Waals surface area contributed by atoms with Gasteiger partial charge in [0.05, 0.1) is 0 Å². The first-order chi connectivity index (χ1) is 9.11. The predicted molar refractivity (Wildman–Crippen MR) is 77.8 cm³/mol. The molecule has 0 aliphatic heterocycles. The number of carbonyl (C=O) groups is 1. The third kappa shape index (κ3) is 3.12. The second kappa shape index (κ2) is 5.85. The molecule has 0 spiro atoms. The van der Waals surface area contributed by atoms with Crippen molar-refractivity contribution in [2.45, 2.75) is 13.3 Å². The molecular weight excluding hydrogens is 260 g/mol. The Hall–Kier alpha value is -1.87. The maximum atomic E-state index is 12.3. The molecule has 4 heteroatoms. The van der Waals surface area contributed by atoms with E-state index in [0.29, 0.717) is 10.8 Å². The Kier molecular flexibility index (Phi) is 4.17. The molecule has 1 amide bonds. The van der Waals surface area contributed by atoms with Crippen molar-refractivity contribution in [3.63, 3.8) is 0 Å². The van der Waals surface area contributed by atoms with E-state index in [0.717, 1.165) is 12.1 Å². The highest BCUT2D eigenvalue weighted by Gasteiger charge is 2.14. The molecule has 1 aromatic carbocycles. The van der Waals surface area contributed by atoms with Gasteiger partial charge >= 0.3 is 0 Å². The molecule has 2 rings (SSSR count). The number of hydrogen-bond acceptors (Lipinski definition) is 2. The summed E-state index contributed by atoms with van der Waals surface area (Å²) in [6.45, 7) is 2.10. The number of benzene rings is 1. The van der Waals surface area contributed by atoms with Crippen LogP contribution < -0.4 is 4.90 Å². The molecule has 1 aromatic heterocycles. The van der Waals surface area contributed by atoms with Gasteiger partial charge in [0.15, 0.2) is 0 Å². The Labute approximate surface area is 117 Å². The van der Waals surface area contributed by atoms with Gasteiger partial charge in [0.25, 0.3) is 5.91 Å². The lowest BCUT2D eigenvalue weighted by Gasteiger charge is -2.17. The van der Waals surface area contributed by atoms with E-state index in [1.807, 2.05) is 24.3 Å². The van der Waals surface area contributed by atoms with Crippen molar-refractivity contribution < 1.29 is 4.79 Å². The molecule has 0 fully saturated rings. The van der Waals surface area contributed by atoms with Crippen molar-refractivity contribution in [2.75, 3.05) is 11.9 Å². The zero-order valence-corrected chi connectivity index (χ0v) is 11.7. The molecule has 0 N–H and O–H groups in total. The van der Waals surface area contributed by atoms with Crippen molar-refractivity contribution >= 4 is 23.2 Å². The van der Waals surface area contributed by atoms with E-state index in [-0.39, 0.29) is 5.91 Å². The smallest absolute Gasteiger partial charge is 0.276 e. The minimum Gasteiger partial charge on any atom is -0.310 e. The number of anilines is 1. The quantitative estimate of drug-likeness (QED) is 0.802. The fourth-order valence-electron chi connectivity index (χ4n) is 1.77. The van der Waals surface area contributed by atoms with E-state index < -0.39 is 0 Å². The second-order valence-electron chi connectivity index (χ2n) is 4.23. The molecule has 0 unspecified atom stereocenters. The number of carbonyl (C=O) groups excluding carboxylic acids is 1. The number of aromatic nitrogens is 1. The SMILES string of the molecule is CCc1ccc(N(C)C(=O)c2cccc(Cl)n2)cc1. The molecule has 0 radical (unpaired) electrons. The molecule has 0 aliphatic rings. The van der Waals surface area contributed by atoms with Crippen LogP contribution in [0.3, 0.4) is 0 Å². The standard InChI is InChI=1S/C15H15ClN2O/c1-3-11-7-9-12(10-8-11)18(2)15(19)13-5-4-6-14(16)17-13/h4-10H,3H2,1-2H3. The van der Waals surface area contributed by atoms with Crippen LogP contribution in [0, 0.1) is 0 Å². The van der Waals surface area contributed by atoms with Crippen LogP contribution in [0.25, 0.3) is 0 Å². The molecule has 0 bridgehead atoms. The second-order valence-corrected chi connectivity index (χ2v) is 4.62. The van der Waals surface area contributed by atoms with Gasteiger partial charge in [-0.1, -0.05) is 36.7 Å². The van der Waals surface area contributed by atoms with E-state index in [4.69, 9.17) is 11.6 Å². The van der Waals surface area contributed by atoms with Gasteiger partial charge < -0.3 is 4.90 Å². The van der Waals surface area contributed by atoms with Crippen LogP contribution in [-0.2, 0) is 6.42 Å². The van der Waals surface area contributed by atoms with Crippen LogP contribution in [-0.4, -0.2) is 17.9 Å². The number of rotatable bonds is 3. The molecule has 2 aromatic rings. The fraction of sp³-hybridized carbons (Fsp3) is 0.200. The van der Waals surface area contributed by atoms with Crippen LogP contribution >= 0.6 is 11.6 Å². The van der Waals surface area contributed by atoms with Crippen LogP contribution in [0.5, 0.6) is 0 Å². The van der Waals surface area contributed by atoms with Crippen molar-refractivity contribution in [1.29, 1.82) is 0 Å². The third-order valence-electron chi connectivity index (χ3n) is 2.97. The average molecular weight is 275 g/mol. The Balaban J connectivity index is 2.23. The van der Waals surface area contributed by atoms with Crippen molar-refractivity contribution in [1.82, 2.24) is 4.98 Å². The molecular formula is C15H15ClN2O. The summed E-state index contributed by atoms with van der Waals surface area (Å²) >= 11 is 5.80. The normalized spacial score (nSPS) is 10.3. The third-order valence-corrected chi connectivity index (χ3v) is 3.18. The summed E-state index contributed by atoms with van der Waals surface area (Å²) in [5.74, 6) is -0.174. The van der Waals surface area contributed by atoms with Crippen LogP contribution in [0.4, 0.5) is 5.69 Å². The first kappa shape index (κ1) is 13.6. The van der Waals surface area contributed by atoms with E-state index in [1.165, 1.54) is 5.56 Å². The maximum Gasteiger partial charge on any atom is 0.276 e. The van der Waals surface area contributed by atoms with Gasteiger partial charge in [-0.2, -0.15) is 0 Å². The lowest BCUT2D eigenvalue weighted by Crippen LogP contribution is -2.27. The summed E-state index contributed by atoms with van der Waals surface area (Å²) in [6.07, 6.45) is 0.980. The molecule has 0 aliphatic carbocycles. The van der Waals surface area contributed by atoms with Gasteiger partial charge in [0, 0.05) is 12.7 Å². The molecule has 0 saturated heterocycles. The maximum absolute atomic E-state index is 12.3. The van der Waals surface area contributed by atoms with Gasteiger partial charge in [-0.05, 0) is 36.2 Å². The molecule has 0 saturated carbocycles. The van der Waals surface area contributed by atoms with Crippen molar-refractivity contribution in [3.8, 4) is 0 Å². The Morgan fingerprint density at radius 3 is 2.47 bits per heavy atom. The van der Waals surface area contributed by atoms with Crippen LogP contribution in [0.15, 0.2) is 42.5 Å². The van der Waals surface area contributed by atoms with Gasteiger partial charge in [0.2, 0.25) is 0 Å². The number of nitrogens with zero attached hydrogens (tertiary/aromatic N) is 2. The lowest BCUT2D eigenvalue weighted by molar-refractivity contribution is 0.0988. The highest BCUT2D eigenvalue weighted by atomic mass is 35.5. The number of hydrogen-bond donors (Lipinski definition) is 0. The zero-order valence-electron chi connectivity index (χ0n) is 10.9.